The van der Waals surface area contributed by atoms with Gasteiger partial charge in [0.1, 0.15) is 0 Å². The van der Waals surface area contributed by atoms with E-state index in [1.54, 1.807) is 7.05 Å². The highest BCUT2D eigenvalue weighted by atomic mass is 16.2. The van der Waals surface area contributed by atoms with Crippen molar-refractivity contribution in [3.05, 3.63) is 102 Å². The second-order valence-corrected chi connectivity index (χ2v) is 10.8. The number of fused-ring (bicyclic) bond motifs is 1. The largest absolute Gasteiger partial charge is 0.350 e. The predicted octanol–water partition coefficient (Wildman–Crippen LogP) is 5.71. The van der Waals surface area contributed by atoms with Gasteiger partial charge in [0.2, 0.25) is 5.91 Å². The van der Waals surface area contributed by atoms with Crippen molar-refractivity contribution in [2.75, 3.05) is 26.7 Å². The maximum atomic E-state index is 13.8. The average molecular weight is 535 g/mol. The first kappa shape index (κ1) is 27.5. The van der Waals surface area contributed by atoms with Crippen molar-refractivity contribution in [1.29, 1.82) is 0 Å². The van der Waals surface area contributed by atoms with Crippen molar-refractivity contribution < 1.29 is 9.59 Å². The summed E-state index contributed by atoms with van der Waals surface area (Å²) in [7, 11) is 1.70. The van der Waals surface area contributed by atoms with Crippen molar-refractivity contribution in [2.24, 2.45) is 0 Å². The van der Waals surface area contributed by atoms with E-state index in [0.717, 1.165) is 67.5 Å². The Morgan fingerprint density at radius 2 is 1.73 bits per heavy atom. The molecule has 1 aliphatic rings. The third-order valence-electron chi connectivity index (χ3n) is 7.61. The molecule has 1 atom stereocenters. The van der Waals surface area contributed by atoms with Gasteiger partial charge in [-0.2, -0.15) is 0 Å². The summed E-state index contributed by atoms with van der Waals surface area (Å²) in [4.78, 5) is 35.6. The number of pyridine rings is 1. The first-order valence-electron chi connectivity index (χ1n) is 14.3. The average Bonchev–Trinajstić information content (AvgIpc) is 3.42. The molecule has 1 unspecified atom stereocenters. The molecule has 1 N–H and O–H groups in total. The van der Waals surface area contributed by atoms with Crippen molar-refractivity contribution in [1.82, 2.24) is 20.1 Å². The third-order valence-corrected chi connectivity index (χ3v) is 7.61. The zero-order valence-electron chi connectivity index (χ0n) is 23.5. The molecule has 6 heteroatoms. The van der Waals surface area contributed by atoms with E-state index < -0.39 is 0 Å². The van der Waals surface area contributed by atoms with Crippen LogP contribution in [0.15, 0.2) is 84.9 Å². The molecule has 1 aromatic heterocycles. The number of nitrogens with one attached hydrogen (secondary N) is 1. The second-order valence-electron chi connectivity index (χ2n) is 10.8. The van der Waals surface area contributed by atoms with Gasteiger partial charge in [0.05, 0.1) is 23.3 Å². The molecule has 0 spiro atoms. The van der Waals surface area contributed by atoms with Gasteiger partial charge in [-0.05, 0) is 48.6 Å². The van der Waals surface area contributed by atoms with E-state index in [1.807, 2.05) is 48.5 Å². The minimum atomic E-state index is -0.176. The van der Waals surface area contributed by atoms with Crippen LogP contribution in [-0.4, -0.2) is 59.3 Å². The number of amides is 2. The van der Waals surface area contributed by atoms with Gasteiger partial charge in [-0.3, -0.25) is 14.5 Å². The van der Waals surface area contributed by atoms with Crippen LogP contribution < -0.4 is 5.32 Å². The fraction of sp³-hybridized carbons (Fsp3) is 0.324. The van der Waals surface area contributed by atoms with Gasteiger partial charge in [-0.25, -0.2) is 4.98 Å². The zero-order chi connectivity index (χ0) is 27.9. The Morgan fingerprint density at radius 3 is 2.48 bits per heavy atom. The van der Waals surface area contributed by atoms with E-state index in [4.69, 9.17) is 4.98 Å². The summed E-state index contributed by atoms with van der Waals surface area (Å²) >= 11 is 0. The van der Waals surface area contributed by atoms with Gasteiger partial charge in [-0.15, -0.1) is 0 Å². The van der Waals surface area contributed by atoms with Crippen molar-refractivity contribution in [2.45, 2.75) is 45.2 Å². The number of carbonyl (C=O) groups excluding carboxylic acids is 2. The molecule has 206 valence electrons. The second kappa shape index (κ2) is 12.9. The zero-order valence-corrected chi connectivity index (χ0v) is 23.5. The van der Waals surface area contributed by atoms with E-state index in [2.05, 4.69) is 53.5 Å². The number of benzene rings is 3. The normalized spacial score (nSPS) is 15.3. The summed E-state index contributed by atoms with van der Waals surface area (Å²) in [6.45, 7) is 4.82. The Labute approximate surface area is 237 Å². The number of aryl methyl sites for hydroxylation is 1. The molecule has 2 heterocycles. The lowest BCUT2D eigenvalue weighted by molar-refractivity contribution is -0.122. The molecule has 6 nitrogen and oxygen atoms in total. The quantitative estimate of drug-likeness (QED) is 0.283. The van der Waals surface area contributed by atoms with E-state index in [-0.39, 0.29) is 24.4 Å². The van der Waals surface area contributed by atoms with Crippen molar-refractivity contribution in [3.63, 3.8) is 0 Å². The first-order valence-corrected chi connectivity index (χ1v) is 14.3. The number of nitrogens with zero attached hydrogens (tertiary/aromatic N) is 3. The number of hydrogen-bond donors (Lipinski definition) is 1. The molecule has 40 heavy (non-hydrogen) atoms. The summed E-state index contributed by atoms with van der Waals surface area (Å²) in [6.07, 6.45) is 4.07. The Hall–Kier alpha value is -4.03. The lowest BCUT2D eigenvalue weighted by Gasteiger charge is -2.21. The van der Waals surface area contributed by atoms with Gasteiger partial charge < -0.3 is 10.2 Å². The Bertz CT molecular complexity index is 1460. The highest BCUT2D eigenvalue weighted by Gasteiger charge is 2.25. The summed E-state index contributed by atoms with van der Waals surface area (Å²) < 4.78 is 0. The van der Waals surface area contributed by atoms with E-state index >= 15 is 0 Å². The SMILES string of the molecule is CCCCc1ccc2nc(-c3ccccc3)cc(C(=O)N(C)CC(=O)NC3CCN(Cc4ccccc4)C3)c2c1. The third kappa shape index (κ3) is 6.75. The van der Waals surface area contributed by atoms with Crippen molar-refractivity contribution >= 4 is 22.7 Å². The lowest BCUT2D eigenvalue weighted by atomic mass is 9.99. The van der Waals surface area contributed by atoms with Crippen LogP contribution in [0.3, 0.4) is 0 Å². The molecule has 4 aromatic rings. The van der Waals surface area contributed by atoms with Crippen LogP contribution in [0.2, 0.25) is 0 Å². The highest BCUT2D eigenvalue weighted by Crippen LogP contribution is 2.27. The molecular formula is C34H38N4O2. The molecule has 0 radical (unpaired) electrons. The van der Waals surface area contributed by atoms with Crippen LogP contribution in [0, 0.1) is 0 Å². The van der Waals surface area contributed by atoms with Gasteiger partial charge in [-0.1, -0.05) is 80.1 Å². The Balaban J connectivity index is 1.30. The minimum absolute atomic E-state index is 0.00797. The van der Waals surface area contributed by atoms with Crippen LogP contribution in [0.4, 0.5) is 0 Å². The topological polar surface area (TPSA) is 65.5 Å². The molecule has 5 rings (SSSR count). The summed E-state index contributed by atoms with van der Waals surface area (Å²) in [5.41, 5.74) is 5.53. The number of unbranched alkanes of at least 4 members (excludes halogenated alkanes) is 1. The van der Waals surface area contributed by atoms with Crippen LogP contribution in [0.1, 0.15) is 47.7 Å². The molecule has 1 saturated heterocycles. The smallest absolute Gasteiger partial charge is 0.254 e. The number of rotatable bonds is 10. The monoisotopic (exact) mass is 534 g/mol. The van der Waals surface area contributed by atoms with Crippen molar-refractivity contribution in [3.8, 4) is 11.3 Å². The van der Waals surface area contributed by atoms with Gasteiger partial charge in [0.15, 0.2) is 0 Å². The van der Waals surface area contributed by atoms with E-state index in [1.165, 1.54) is 16.0 Å². The standard InChI is InChI=1S/C34H38N4O2/c1-3-4-11-25-16-17-31-29(20-25)30(21-32(36-31)27-14-9-6-10-15-27)34(40)37(2)24-33(39)35-28-18-19-38(23-28)22-26-12-7-5-8-13-26/h5-10,12-17,20-21,28H,3-4,11,18-19,22-24H2,1-2H3,(H,35,39). The number of carbonyl (C=O) groups is 2. The van der Waals surface area contributed by atoms with Crippen LogP contribution in [0.25, 0.3) is 22.2 Å². The molecule has 1 aliphatic heterocycles. The molecule has 1 fully saturated rings. The predicted molar refractivity (Wildman–Crippen MR) is 161 cm³/mol. The fourth-order valence-corrected chi connectivity index (χ4v) is 5.44. The van der Waals surface area contributed by atoms with Crippen LogP contribution in [0.5, 0.6) is 0 Å². The molecule has 0 bridgehead atoms. The number of hydrogen-bond acceptors (Lipinski definition) is 4. The number of likely N-dealkylation sites (N-methyl/N-ethyl adjacent to an activating group) is 1. The lowest BCUT2D eigenvalue weighted by Crippen LogP contribution is -2.43. The summed E-state index contributed by atoms with van der Waals surface area (Å²) in [5.74, 6) is -0.308. The molecule has 2 amide bonds. The Morgan fingerprint density at radius 1 is 0.975 bits per heavy atom. The maximum Gasteiger partial charge on any atom is 0.254 e. The maximum absolute atomic E-state index is 13.8. The molecule has 0 saturated carbocycles. The number of aromatic nitrogens is 1. The van der Waals surface area contributed by atoms with Crippen LogP contribution >= 0.6 is 0 Å². The summed E-state index contributed by atoms with van der Waals surface area (Å²) in [6, 6.07) is 28.5. The van der Waals surface area contributed by atoms with Gasteiger partial charge in [0.25, 0.3) is 5.91 Å². The first-order chi connectivity index (χ1) is 19.5. The summed E-state index contributed by atoms with van der Waals surface area (Å²) in [5, 5.41) is 3.98. The molecular weight excluding hydrogens is 496 g/mol. The van der Waals surface area contributed by atoms with E-state index in [0.29, 0.717) is 5.56 Å². The number of likely N-dealkylation sites (tertiary alicyclic amines) is 1. The van der Waals surface area contributed by atoms with Crippen LogP contribution in [-0.2, 0) is 17.8 Å². The molecule has 0 aliphatic carbocycles. The van der Waals surface area contributed by atoms with Gasteiger partial charge in [0, 0.05) is 43.7 Å². The molecule has 3 aromatic carbocycles. The Kier molecular flexibility index (Phi) is 8.87. The van der Waals surface area contributed by atoms with Gasteiger partial charge >= 0.3 is 0 Å². The minimum Gasteiger partial charge on any atom is -0.350 e. The highest BCUT2D eigenvalue weighted by molar-refractivity contribution is 6.08. The fourth-order valence-electron chi connectivity index (χ4n) is 5.44. The van der Waals surface area contributed by atoms with E-state index in [9.17, 15) is 9.59 Å².